The van der Waals surface area contributed by atoms with Crippen LogP contribution in [0.25, 0.3) is 5.70 Å². The van der Waals surface area contributed by atoms with Crippen LogP contribution in [0.2, 0.25) is 0 Å². The predicted octanol–water partition coefficient (Wildman–Crippen LogP) is 3.56. The van der Waals surface area contributed by atoms with Crippen LogP contribution in [0.1, 0.15) is 36.7 Å². The number of hydrogen-bond donors (Lipinski definition) is 0. The quantitative estimate of drug-likeness (QED) is 0.619. The van der Waals surface area contributed by atoms with Gasteiger partial charge in [0.2, 0.25) is 0 Å². The molecule has 0 N–H and O–H groups in total. The van der Waals surface area contributed by atoms with Gasteiger partial charge < -0.3 is 4.74 Å². The van der Waals surface area contributed by atoms with E-state index in [1.54, 1.807) is 26.8 Å². The van der Waals surface area contributed by atoms with E-state index >= 15 is 0 Å². The average molecular weight is 340 g/mol. The lowest BCUT2D eigenvalue weighted by atomic mass is 10.1. The number of amides is 1. The first-order chi connectivity index (χ1) is 11.8. The number of fused-ring (bicyclic) bond motifs is 1. The third kappa shape index (κ3) is 3.42. The number of ether oxygens (including phenoxy) is 1. The maximum Gasteiger partial charge on any atom is 0.333 e. The van der Waals surface area contributed by atoms with Crippen molar-refractivity contribution in [3.63, 3.8) is 0 Å². The van der Waals surface area contributed by atoms with Gasteiger partial charge in [-0.05, 0) is 51.1 Å². The van der Waals surface area contributed by atoms with Gasteiger partial charge in [0.15, 0.2) is 0 Å². The summed E-state index contributed by atoms with van der Waals surface area (Å²) in [5.74, 6) is -1.29. The second kappa shape index (κ2) is 6.12. The number of rotatable bonds is 2. The molecule has 0 fully saturated rings. The Kier molecular flexibility index (Phi) is 4.12. The smallest absolute Gasteiger partial charge is 0.333 e. The fraction of sp³-hybridized carbons (Fsp3) is 0.211. The number of nitrogens with zero attached hydrogens (tertiary/aromatic N) is 2. The van der Waals surface area contributed by atoms with Crippen LogP contribution in [-0.4, -0.2) is 22.5 Å². The molecule has 0 radical (unpaired) electrons. The van der Waals surface area contributed by atoms with Gasteiger partial charge in [-0.1, -0.05) is 0 Å². The third-order valence-corrected chi connectivity index (χ3v) is 3.52. The first-order valence-corrected chi connectivity index (χ1v) is 7.75. The van der Waals surface area contributed by atoms with Crippen molar-refractivity contribution in [1.82, 2.24) is 4.98 Å². The molecule has 0 atom stereocenters. The van der Waals surface area contributed by atoms with E-state index in [0.717, 1.165) is 0 Å². The Morgan fingerprint density at radius 2 is 1.84 bits per heavy atom. The molecule has 1 aromatic carbocycles. The first kappa shape index (κ1) is 16.8. The molecule has 25 heavy (non-hydrogen) atoms. The zero-order chi connectivity index (χ0) is 18.2. The Morgan fingerprint density at radius 3 is 2.48 bits per heavy atom. The zero-order valence-corrected chi connectivity index (χ0v) is 14.1. The molecule has 2 aromatic rings. The second-order valence-electron chi connectivity index (χ2n) is 6.60. The summed E-state index contributed by atoms with van der Waals surface area (Å²) in [4.78, 5) is 30.4. The van der Waals surface area contributed by atoms with Gasteiger partial charge in [-0.25, -0.2) is 9.18 Å². The Morgan fingerprint density at radius 1 is 1.16 bits per heavy atom. The van der Waals surface area contributed by atoms with Crippen molar-refractivity contribution in [2.45, 2.75) is 26.4 Å². The van der Waals surface area contributed by atoms with Crippen LogP contribution in [0, 0.1) is 5.82 Å². The highest BCUT2D eigenvalue weighted by atomic mass is 19.1. The molecule has 6 heteroatoms. The standard InChI is InChI=1S/C19H17FN2O3/c1-19(2,3)25-17(23)10-16-15-11-21-9-8-14(15)18(24)22(16)13-6-4-12(20)5-7-13/h4-11H,1-3H3/b16-10+. The van der Waals surface area contributed by atoms with E-state index in [-0.39, 0.29) is 5.91 Å². The summed E-state index contributed by atoms with van der Waals surface area (Å²) in [7, 11) is 0. The molecule has 0 spiro atoms. The highest BCUT2D eigenvalue weighted by Gasteiger charge is 2.34. The van der Waals surface area contributed by atoms with E-state index in [1.165, 1.54) is 47.6 Å². The lowest BCUT2D eigenvalue weighted by molar-refractivity contribution is -0.148. The van der Waals surface area contributed by atoms with E-state index in [4.69, 9.17) is 4.74 Å². The summed E-state index contributed by atoms with van der Waals surface area (Å²) in [6, 6.07) is 7.07. The van der Waals surface area contributed by atoms with Crippen LogP contribution in [0.3, 0.4) is 0 Å². The van der Waals surface area contributed by atoms with Gasteiger partial charge in [0.05, 0.1) is 11.3 Å². The molecule has 0 saturated heterocycles. The van der Waals surface area contributed by atoms with E-state index in [0.29, 0.717) is 22.5 Å². The van der Waals surface area contributed by atoms with Crippen LogP contribution in [-0.2, 0) is 9.53 Å². The predicted molar refractivity (Wildman–Crippen MR) is 91.3 cm³/mol. The highest BCUT2D eigenvalue weighted by molar-refractivity contribution is 6.23. The second-order valence-corrected chi connectivity index (χ2v) is 6.60. The van der Waals surface area contributed by atoms with Gasteiger partial charge in [-0.15, -0.1) is 0 Å². The molecule has 128 valence electrons. The van der Waals surface area contributed by atoms with Gasteiger partial charge in [0.25, 0.3) is 5.91 Å². The summed E-state index contributed by atoms with van der Waals surface area (Å²) < 4.78 is 18.5. The molecule has 0 aliphatic carbocycles. The van der Waals surface area contributed by atoms with Crippen LogP contribution in [0.5, 0.6) is 0 Å². The topological polar surface area (TPSA) is 59.5 Å². The van der Waals surface area contributed by atoms with Crippen molar-refractivity contribution in [2.24, 2.45) is 0 Å². The van der Waals surface area contributed by atoms with Crippen LogP contribution in [0.15, 0.2) is 48.8 Å². The van der Waals surface area contributed by atoms with E-state index in [2.05, 4.69) is 4.98 Å². The Labute approximate surface area is 144 Å². The molecule has 1 amide bonds. The van der Waals surface area contributed by atoms with Gasteiger partial charge in [-0.3, -0.25) is 14.7 Å². The lowest BCUT2D eigenvalue weighted by Gasteiger charge is -2.21. The largest absolute Gasteiger partial charge is 0.457 e. The molecule has 3 rings (SSSR count). The number of pyridine rings is 1. The normalized spacial score (nSPS) is 15.4. The van der Waals surface area contributed by atoms with Crippen molar-refractivity contribution < 1.29 is 18.7 Å². The summed E-state index contributed by atoms with van der Waals surface area (Å²) in [6.45, 7) is 5.28. The Bertz CT molecular complexity index is 867. The molecule has 1 aliphatic rings. The number of carbonyl (C=O) groups excluding carboxylic acids is 2. The summed E-state index contributed by atoms with van der Waals surface area (Å²) in [6.07, 6.45) is 4.29. The molecule has 0 saturated carbocycles. The van der Waals surface area contributed by atoms with Crippen molar-refractivity contribution >= 4 is 23.3 Å². The third-order valence-electron chi connectivity index (χ3n) is 3.52. The van der Waals surface area contributed by atoms with Crippen LogP contribution < -0.4 is 4.90 Å². The summed E-state index contributed by atoms with van der Waals surface area (Å²) in [5, 5.41) is 0. The maximum absolute atomic E-state index is 13.2. The molecule has 1 aliphatic heterocycles. The molecule has 5 nitrogen and oxygen atoms in total. The van der Waals surface area contributed by atoms with Gasteiger partial charge in [0, 0.05) is 29.7 Å². The number of hydrogen-bond acceptors (Lipinski definition) is 4. The number of benzene rings is 1. The van der Waals surface area contributed by atoms with E-state index < -0.39 is 17.4 Å². The maximum atomic E-state index is 13.2. The minimum absolute atomic E-state index is 0.307. The van der Waals surface area contributed by atoms with Crippen LogP contribution in [0.4, 0.5) is 10.1 Å². The van der Waals surface area contributed by atoms with Gasteiger partial charge in [-0.2, -0.15) is 0 Å². The molecule has 0 bridgehead atoms. The highest BCUT2D eigenvalue weighted by Crippen LogP contribution is 2.36. The molecule has 2 heterocycles. The minimum Gasteiger partial charge on any atom is -0.457 e. The monoisotopic (exact) mass is 340 g/mol. The summed E-state index contributed by atoms with van der Waals surface area (Å²) in [5.41, 5.74) is 1.11. The fourth-order valence-electron chi connectivity index (χ4n) is 2.57. The van der Waals surface area contributed by atoms with Gasteiger partial charge >= 0.3 is 5.97 Å². The molecular formula is C19H17FN2O3. The zero-order valence-electron chi connectivity index (χ0n) is 14.1. The van der Waals surface area contributed by atoms with Crippen molar-refractivity contribution in [2.75, 3.05) is 4.90 Å². The van der Waals surface area contributed by atoms with Crippen LogP contribution >= 0.6 is 0 Å². The van der Waals surface area contributed by atoms with Crippen molar-refractivity contribution in [1.29, 1.82) is 0 Å². The minimum atomic E-state index is -0.658. The Hall–Kier alpha value is -3.02. The fourth-order valence-corrected chi connectivity index (χ4v) is 2.57. The Balaban J connectivity index is 2.08. The number of anilines is 1. The first-order valence-electron chi connectivity index (χ1n) is 7.75. The number of carbonyl (C=O) groups is 2. The van der Waals surface area contributed by atoms with E-state index in [9.17, 15) is 14.0 Å². The molecular weight excluding hydrogens is 323 g/mol. The summed E-state index contributed by atoms with van der Waals surface area (Å²) >= 11 is 0. The number of halogens is 1. The van der Waals surface area contributed by atoms with E-state index in [1.807, 2.05) is 0 Å². The molecule has 1 aromatic heterocycles. The SMILES string of the molecule is CC(C)(C)OC(=O)/C=C1\c2cnccc2C(=O)N1c1ccc(F)cc1. The van der Waals surface area contributed by atoms with Crippen molar-refractivity contribution in [3.8, 4) is 0 Å². The number of esters is 1. The van der Waals surface area contributed by atoms with Crippen molar-refractivity contribution in [3.05, 3.63) is 65.7 Å². The van der Waals surface area contributed by atoms with Gasteiger partial charge in [0.1, 0.15) is 11.4 Å². The number of aromatic nitrogens is 1. The average Bonchev–Trinajstić information content (AvgIpc) is 2.80. The lowest BCUT2D eigenvalue weighted by Crippen LogP contribution is -2.25. The molecule has 0 unspecified atom stereocenters.